The fourth-order valence-corrected chi connectivity index (χ4v) is 3.97. The quantitative estimate of drug-likeness (QED) is 0.532. The number of nitrogens with zero attached hydrogens (tertiary/aromatic N) is 1. The van der Waals surface area contributed by atoms with Crippen molar-refractivity contribution in [3.8, 4) is 11.5 Å². The highest BCUT2D eigenvalue weighted by Crippen LogP contribution is 2.28. The number of nitrogens with one attached hydrogen (secondary N) is 2. The van der Waals surface area contributed by atoms with Crippen molar-refractivity contribution in [3.05, 3.63) is 71.9 Å². The van der Waals surface area contributed by atoms with Crippen molar-refractivity contribution < 1.29 is 23.1 Å². The summed E-state index contributed by atoms with van der Waals surface area (Å²) < 4.78 is 33.6. The zero-order chi connectivity index (χ0) is 21.7. The molecule has 0 saturated heterocycles. The van der Waals surface area contributed by atoms with E-state index in [1.165, 1.54) is 43.6 Å². The van der Waals surface area contributed by atoms with Crippen molar-refractivity contribution in [1.82, 2.24) is 4.98 Å². The number of amides is 1. The molecule has 0 aliphatic carbocycles. The monoisotopic (exact) mass is 427 g/mol. The van der Waals surface area contributed by atoms with Gasteiger partial charge < -0.3 is 15.2 Å². The van der Waals surface area contributed by atoms with Gasteiger partial charge in [0.15, 0.2) is 11.6 Å². The minimum absolute atomic E-state index is 0.0307. The zero-order valence-corrected chi connectivity index (χ0v) is 17.2. The summed E-state index contributed by atoms with van der Waals surface area (Å²) in [5.41, 5.74) is 1.53. The number of anilines is 2. The first-order valence-electron chi connectivity index (χ1n) is 9.09. The molecule has 1 aromatic heterocycles. The number of aryl methyl sites for hydroxylation is 1. The summed E-state index contributed by atoms with van der Waals surface area (Å²) >= 11 is 0. The molecule has 1 amide bonds. The fourth-order valence-electron chi connectivity index (χ4n) is 2.72. The maximum atomic E-state index is 12.9. The summed E-state index contributed by atoms with van der Waals surface area (Å²) in [6.45, 7) is 2.01. The number of pyridine rings is 1. The van der Waals surface area contributed by atoms with E-state index in [1.807, 2.05) is 19.1 Å². The third-order valence-electron chi connectivity index (χ3n) is 4.35. The Morgan fingerprint density at radius 1 is 1.13 bits per heavy atom. The van der Waals surface area contributed by atoms with Crippen LogP contribution in [0, 0.1) is 0 Å². The van der Waals surface area contributed by atoms with E-state index in [1.54, 1.807) is 12.1 Å². The Labute approximate surface area is 174 Å². The highest BCUT2D eigenvalue weighted by Gasteiger charge is 2.22. The van der Waals surface area contributed by atoms with Crippen LogP contribution in [0.15, 0.2) is 65.7 Å². The number of aromatic hydroxyl groups is 1. The van der Waals surface area contributed by atoms with Gasteiger partial charge in [0.25, 0.3) is 15.9 Å². The van der Waals surface area contributed by atoms with Crippen LogP contribution in [0.25, 0.3) is 0 Å². The fraction of sp³-hybridized carbons (Fsp3) is 0.143. The number of carbonyl (C=O) groups is 1. The summed E-state index contributed by atoms with van der Waals surface area (Å²) in [7, 11) is -2.69. The van der Waals surface area contributed by atoms with Gasteiger partial charge in [0.05, 0.1) is 7.11 Å². The molecule has 0 saturated carbocycles. The summed E-state index contributed by atoms with van der Waals surface area (Å²) in [4.78, 5) is 16.2. The molecular formula is C21H21N3O5S. The van der Waals surface area contributed by atoms with Crippen molar-refractivity contribution in [2.75, 3.05) is 17.1 Å². The van der Waals surface area contributed by atoms with Crippen LogP contribution in [0.4, 0.5) is 11.5 Å². The molecule has 0 spiro atoms. The first kappa shape index (κ1) is 21.1. The molecule has 0 bridgehead atoms. The van der Waals surface area contributed by atoms with Gasteiger partial charge in [-0.25, -0.2) is 13.4 Å². The molecule has 1 heterocycles. The molecular weight excluding hydrogens is 406 g/mol. The molecule has 30 heavy (non-hydrogen) atoms. The first-order valence-corrected chi connectivity index (χ1v) is 10.6. The van der Waals surface area contributed by atoms with E-state index in [2.05, 4.69) is 15.0 Å². The lowest BCUT2D eigenvalue weighted by atomic mass is 10.2. The van der Waals surface area contributed by atoms with Crippen molar-refractivity contribution in [1.29, 1.82) is 0 Å². The van der Waals surface area contributed by atoms with Gasteiger partial charge in [0.2, 0.25) is 0 Å². The molecule has 9 heteroatoms. The molecule has 0 radical (unpaired) electrons. The van der Waals surface area contributed by atoms with Gasteiger partial charge in [-0.2, -0.15) is 0 Å². The number of benzene rings is 2. The van der Waals surface area contributed by atoms with E-state index in [0.717, 1.165) is 12.0 Å². The van der Waals surface area contributed by atoms with Crippen LogP contribution >= 0.6 is 0 Å². The Hall–Kier alpha value is -3.59. The average molecular weight is 427 g/mol. The van der Waals surface area contributed by atoms with E-state index in [9.17, 15) is 18.3 Å². The number of hydrogen-bond acceptors (Lipinski definition) is 6. The van der Waals surface area contributed by atoms with E-state index in [0.29, 0.717) is 5.69 Å². The van der Waals surface area contributed by atoms with Gasteiger partial charge in [-0.15, -0.1) is 0 Å². The summed E-state index contributed by atoms with van der Waals surface area (Å²) in [6, 6.07) is 13.9. The molecule has 0 atom stereocenters. The predicted octanol–water partition coefficient (Wildman–Crippen LogP) is 3.41. The second kappa shape index (κ2) is 8.83. The van der Waals surface area contributed by atoms with E-state index in [-0.39, 0.29) is 27.8 Å². The molecule has 156 valence electrons. The summed E-state index contributed by atoms with van der Waals surface area (Å²) in [6.07, 6.45) is 2.25. The first-order chi connectivity index (χ1) is 14.3. The number of rotatable bonds is 7. The molecule has 0 aliphatic heterocycles. The number of carbonyl (C=O) groups excluding carboxylic acids is 1. The van der Waals surface area contributed by atoms with Crippen molar-refractivity contribution in [2.24, 2.45) is 0 Å². The molecule has 0 unspecified atom stereocenters. The van der Waals surface area contributed by atoms with E-state index in [4.69, 9.17) is 4.74 Å². The van der Waals surface area contributed by atoms with Crippen molar-refractivity contribution >= 4 is 27.4 Å². The topological polar surface area (TPSA) is 118 Å². The Kier molecular flexibility index (Phi) is 6.22. The Morgan fingerprint density at radius 3 is 2.50 bits per heavy atom. The lowest BCUT2D eigenvalue weighted by Gasteiger charge is -2.13. The maximum absolute atomic E-state index is 12.9. The third-order valence-corrected chi connectivity index (χ3v) is 5.75. The highest BCUT2D eigenvalue weighted by atomic mass is 32.2. The number of methoxy groups -OCH3 is 1. The lowest BCUT2D eigenvalue weighted by molar-refractivity contribution is 0.102. The average Bonchev–Trinajstić information content (AvgIpc) is 2.75. The van der Waals surface area contributed by atoms with Gasteiger partial charge in [-0.05, 0) is 54.4 Å². The lowest BCUT2D eigenvalue weighted by Crippen LogP contribution is -2.17. The predicted molar refractivity (Wildman–Crippen MR) is 113 cm³/mol. The van der Waals surface area contributed by atoms with Gasteiger partial charge in [-0.3, -0.25) is 9.52 Å². The maximum Gasteiger partial charge on any atom is 0.265 e. The van der Waals surface area contributed by atoms with Crippen molar-refractivity contribution in [2.45, 2.75) is 18.2 Å². The van der Waals surface area contributed by atoms with Crippen LogP contribution in [-0.4, -0.2) is 31.5 Å². The largest absolute Gasteiger partial charge is 0.504 e. The van der Waals surface area contributed by atoms with Gasteiger partial charge >= 0.3 is 0 Å². The smallest absolute Gasteiger partial charge is 0.265 e. The molecule has 8 nitrogen and oxygen atoms in total. The number of ether oxygens (including phenoxy) is 1. The van der Waals surface area contributed by atoms with E-state index >= 15 is 0 Å². The van der Waals surface area contributed by atoms with Crippen LogP contribution in [0.5, 0.6) is 11.5 Å². The van der Waals surface area contributed by atoms with Gasteiger partial charge in [-0.1, -0.05) is 19.1 Å². The summed E-state index contributed by atoms with van der Waals surface area (Å²) in [5, 5.41) is 12.2. The molecule has 0 aliphatic rings. The Morgan fingerprint density at radius 2 is 1.87 bits per heavy atom. The molecule has 0 fully saturated rings. The number of sulfonamides is 1. The second-order valence-electron chi connectivity index (χ2n) is 6.35. The minimum atomic E-state index is -4.03. The number of aromatic nitrogens is 1. The Balaban J connectivity index is 1.91. The molecule has 3 rings (SSSR count). The third kappa shape index (κ3) is 4.69. The normalized spacial score (nSPS) is 11.0. The van der Waals surface area contributed by atoms with Crippen LogP contribution in [0.1, 0.15) is 22.8 Å². The summed E-state index contributed by atoms with van der Waals surface area (Å²) in [5.74, 6) is -0.776. The highest BCUT2D eigenvalue weighted by molar-refractivity contribution is 7.92. The standard InChI is InChI=1S/C21H21N3O5S/c1-3-14-6-9-16(10-7-14)24-30(27,28)19-13-15(8-11-18(19)29-2)21(26)23-20-17(25)5-4-12-22-20/h4-13,24-25H,3H2,1-2H3,(H,22,23,26). The van der Waals surface area contributed by atoms with Gasteiger partial charge in [0.1, 0.15) is 10.6 Å². The SMILES string of the molecule is CCc1ccc(NS(=O)(=O)c2cc(C(=O)Nc3ncccc3O)ccc2OC)cc1. The van der Waals surface area contributed by atoms with Crippen LogP contribution in [-0.2, 0) is 16.4 Å². The second-order valence-corrected chi connectivity index (χ2v) is 8.00. The number of hydrogen-bond donors (Lipinski definition) is 3. The van der Waals surface area contributed by atoms with Crippen LogP contribution in [0.2, 0.25) is 0 Å². The van der Waals surface area contributed by atoms with Gasteiger partial charge in [0, 0.05) is 17.4 Å². The molecule has 3 N–H and O–H groups in total. The van der Waals surface area contributed by atoms with Crippen molar-refractivity contribution in [3.63, 3.8) is 0 Å². The minimum Gasteiger partial charge on any atom is -0.504 e. The molecule has 3 aromatic rings. The van der Waals surface area contributed by atoms with Crippen LogP contribution < -0.4 is 14.8 Å². The zero-order valence-electron chi connectivity index (χ0n) is 16.4. The van der Waals surface area contributed by atoms with E-state index < -0.39 is 15.9 Å². The molecule has 2 aromatic carbocycles. The van der Waals surface area contributed by atoms with Crippen LogP contribution in [0.3, 0.4) is 0 Å². The Bertz CT molecular complexity index is 1160.